The second kappa shape index (κ2) is 9.38. The van der Waals surface area contributed by atoms with Gasteiger partial charge in [-0.05, 0) is 83.3 Å². The molecule has 0 radical (unpaired) electrons. The van der Waals surface area contributed by atoms with Gasteiger partial charge in [0.25, 0.3) is 0 Å². The minimum absolute atomic E-state index is 0.989. The Morgan fingerprint density at radius 3 is 1.38 bits per heavy atom. The molecule has 0 aliphatic carbocycles. The van der Waals surface area contributed by atoms with Gasteiger partial charge in [0.2, 0.25) is 0 Å². The minimum atomic E-state index is 0.989. The zero-order chi connectivity index (χ0) is 22.7. The fourth-order valence-corrected chi connectivity index (χ4v) is 5.65. The van der Waals surface area contributed by atoms with Crippen molar-refractivity contribution in [3.05, 3.63) is 119 Å². The van der Waals surface area contributed by atoms with E-state index in [1.165, 1.54) is 70.4 Å². The Kier molecular flexibility index (Phi) is 5.81. The summed E-state index contributed by atoms with van der Waals surface area (Å²) < 4.78 is 0. The van der Waals surface area contributed by atoms with Crippen molar-refractivity contribution < 1.29 is 0 Å². The van der Waals surface area contributed by atoms with Crippen LogP contribution in [0, 0.1) is 0 Å². The molecule has 6 rings (SSSR count). The Labute approximate surface area is 203 Å². The summed E-state index contributed by atoms with van der Waals surface area (Å²) in [6.45, 7) is 4.25. The normalized spacial score (nSPS) is 15.1. The molecule has 0 saturated carbocycles. The molecule has 0 N–H and O–H groups in total. The number of rotatable bonds is 5. The van der Waals surface area contributed by atoms with E-state index in [1.807, 2.05) is 0 Å². The molecule has 4 aromatic carbocycles. The van der Waals surface area contributed by atoms with Crippen molar-refractivity contribution in [3.8, 4) is 11.1 Å². The van der Waals surface area contributed by atoms with E-state index < -0.39 is 0 Å². The monoisotopic (exact) mass is 444 g/mol. The molecule has 0 saturated heterocycles. The Balaban J connectivity index is 1.25. The number of anilines is 2. The first-order chi connectivity index (χ1) is 16.8. The molecular weight excluding hydrogens is 412 g/mol. The van der Waals surface area contributed by atoms with Crippen LogP contribution in [0.15, 0.2) is 97.1 Å². The van der Waals surface area contributed by atoms with Gasteiger partial charge in [-0.25, -0.2) is 0 Å². The number of aryl methyl sites for hydroxylation is 2. The van der Waals surface area contributed by atoms with Crippen LogP contribution in [0.4, 0.5) is 11.4 Å². The molecular formula is C32H32N2. The summed E-state index contributed by atoms with van der Waals surface area (Å²) in [5.74, 6) is 0. The van der Waals surface area contributed by atoms with Crippen molar-refractivity contribution in [3.63, 3.8) is 0 Å². The predicted octanol–water partition coefficient (Wildman–Crippen LogP) is 7.26. The standard InChI is InChI=1S/C32H32N2/c1-3-9-25(10-4-1)23-33-19-7-13-29-21-27(15-17-31(29)33)28-16-18-32-30(22-28)14-8-20-34(32)24-26-11-5-2-6-12-26/h1-6,9-12,15-18,21-22H,7-8,13-14,19-20,23-24H2. The van der Waals surface area contributed by atoms with Crippen LogP contribution in [0.2, 0.25) is 0 Å². The average Bonchev–Trinajstić information content (AvgIpc) is 2.90. The fourth-order valence-electron chi connectivity index (χ4n) is 5.65. The van der Waals surface area contributed by atoms with Crippen LogP contribution in [0.5, 0.6) is 0 Å². The topological polar surface area (TPSA) is 6.48 Å². The maximum atomic E-state index is 2.55. The molecule has 2 heteroatoms. The Hall–Kier alpha value is -3.52. The van der Waals surface area contributed by atoms with E-state index in [4.69, 9.17) is 0 Å². The lowest BCUT2D eigenvalue weighted by atomic mass is 9.93. The molecule has 2 aliphatic heterocycles. The molecule has 0 spiro atoms. The molecule has 34 heavy (non-hydrogen) atoms. The van der Waals surface area contributed by atoms with Gasteiger partial charge in [0, 0.05) is 37.6 Å². The molecule has 2 nitrogen and oxygen atoms in total. The van der Waals surface area contributed by atoms with E-state index in [9.17, 15) is 0 Å². The van der Waals surface area contributed by atoms with Gasteiger partial charge in [-0.2, -0.15) is 0 Å². The van der Waals surface area contributed by atoms with Crippen LogP contribution in [0.25, 0.3) is 11.1 Å². The Morgan fingerprint density at radius 1 is 0.500 bits per heavy atom. The summed E-state index contributed by atoms with van der Waals surface area (Å²) >= 11 is 0. The van der Waals surface area contributed by atoms with Crippen molar-refractivity contribution in [1.82, 2.24) is 0 Å². The molecule has 0 fully saturated rings. The number of benzene rings is 4. The highest BCUT2D eigenvalue weighted by Crippen LogP contribution is 2.36. The van der Waals surface area contributed by atoms with Crippen LogP contribution in [-0.4, -0.2) is 13.1 Å². The largest absolute Gasteiger partial charge is 0.367 e. The highest BCUT2D eigenvalue weighted by atomic mass is 15.1. The van der Waals surface area contributed by atoms with Crippen molar-refractivity contribution in [2.24, 2.45) is 0 Å². The van der Waals surface area contributed by atoms with E-state index in [0.717, 1.165) is 26.2 Å². The van der Waals surface area contributed by atoms with Crippen LogP contribution < -0.4 is 9.80 Å². The maximum absolute atomic E-state index is 2.55. The van der Waals surface area contributed by atoms with E-state index in [-0.39, 0.29) is 0 Å². The molecule has 2 heterocycles. The summed E-state index contributed by atoms with van der Waals surface area (Å²) in [5, 5.41) is 0. The molecule has 0 bridgehead atoms. The van der Waals surface area contributed by atoms with Crippen molar-refractivity contribution in [2.75, 3.05) is 22.9 Å². The first-order valence-electron chi connectivity index (χ1n) is 12.7. The van der Waals surface area contributed by atoms with Crippen molar-refractivity contribution in [1.29, 1.82) is 0 Å². The molecule has 0 unspecified atom stereocenters. The number of hydrogen-bond donors (Lipinski definition) is 0. The summed E-state index contributed by atoms with van der Waals surface area (Å²) in [5.41, 5.74) is 11.3. The van der Waals surface area contributed by atoms with E-state index in [0.29, 0.717) is 0 Å². The summed E-state index contributed by atoms with van der Waals surface area (Å²) in [6.07, 6.45) is 4.79. The number of nitrogens with zero attached hydrogens (tertiary/aromatic N) is 2. The zero-order valence-electron chi connectivity index (χ0n) is 19.8. The Bertz CT molecular complexity index is 1160. The number of hydrogen-bond acceptors (Lipinski definition) is 2. The van der Waals surface area contributed by atoms with Crippen molar-refractivity contribution in [2.45, 2.75) is 38.8 Å². The van der Waals surface area contributed by atoms with Crippen molar-refractivity contribution >= 4 is 11.4 Å². The average molecular weight is 445 g/mol. The predicted molar refractivity (Wildman–Crippen MR) is 144 cm³/mol. The van der Waals surface area contributed by atoms with Crippen LogP contribution in [0.3, 0.4) is 0 Å². The Morgan fingerprint density at radius 2 is 0.941 bits per heavy atom. The van der Waals surface area contributed by atoms with Gasteiger partial charge in [-0.3, -0.25) is 0 Å². The number of fused-ring (bicyclic) bond motifs is 2. The summed E-state index contributed by atoms with van der Waals surface area (Å²) in [7, 11) is 0. The lowest BCUT2D eigenvalue weighted by Crippen LogP contribution is -2.29. The van der Waals surface area contributed by atoms with E-state index in [2.05, 4.69) is 107 Å². The molecule has 4 aromatic rings. The molecule has 0 aromatic heterocycles. The van der Waals surface area contributed by atoms with Gasteiger partial charge < -0.3 is 9.80 Å². The lowest BCUT2D eigenvalue weighted by molar-refractivity contribution is 0.690. The molecule has 170 valence electrons. The smallest absolute Gasteiger partial charge is 0.0429 e. The summed E-state index contributed by atoms with van der Waals surface area (Å²) in [6, 6.07) is 35.9. The highest BCUT2D eigenvalue weighted by Gasteiger charge is 2.20. The van der Waals surface area contributed by atoms with Gasteiger partial charge in [0.1, 0.15) is 0 Å². The molecule has 0 atom stereocenters. The maximum Gasteiger partial charge on any atom is 0.0429 e. The highest BCUT2D eigenvalue weighted by molar-refractivity contribution is 5.73. The zero-order valence-corrected chi connectivity index (χ0v) is 19.8. The van der Waals surface area contributed by atoms with Crippen LogP contribution in [0.1, 0.15) is 35.1 Å². The lowest BCUT2D eigenvalue weighted by Gasteiger charge is -2.32. The first-order valence-corrected chi connectivity index (χ1v) is 12.7. The quantitative estimate of drug-likeness (QED) is 0.320. The van der Waals surface area contributed by atoms with Gasteiger partial charge in [0.15, 0.2) is 0 Å². The second-order valence-corrected chi connectivity index (χ2v) is 9.71. The van der Waals surface area contributed by atoms with Crippen LogP contribution >= 0.6 is 0 Å². The van der Waals surface area contributed by atoms with Crippen LogP contribution in [-0.2, 0) is 25.9 Å². The minimum Gasteiger partial charge on any atom is -0.367 e. The van der Waals surface area contributed by atoms with E-state index >= 15 is 0 Å². The second-order valence-electron chi connectivity index (χ2n) is 9.71. The third kappa shape index (κ3) is 4.33. The third-order valence-electron chi connectivity index (χ3n) is 7.35. The van der Waals surface area contributed by atoms with Gasteiger partial charge in [-0.15, -0.1) is 0 Å². The first kappa shape index (κ1) is 21.0. The van der Waals surface area contributed by atoms with Gasteiger partial charge in [0.05, 0.1) is 0 Å². The van der Waals surface area contributed by atoms with Gasteiger partial charge in [-0.1, -0.05) is 72.8 Å². The molecule has 2 aliphatic rings. The third-order valence-corrected chi connectivity index (χ3v) is 7.35. The van der Waals surface area contributed by atoms with E-state index in [1.54, 1.807) is 0 Å². The fraction of sp³-hybridized carbons (Fsp3) is 0.250. The summed E-state index contributed by atoms with van der Waals surface area (Å²) in [4.78, 5) is 5.10. The molecule has 0 amide bonds. The SMILES string of the molecule is c1ccc(CN2CCCc3cc(-c4ccc5c(c4)CCCN5Cc4ccccc4)ccc32)cc1. The van der Waals surface area contributed by atoms with Gasteiger partial charge >= 0.3 is 0 Å².